The lowest BCUT2D eigenvalue weighted by atomic mass is 9.98. The number of carbonyl (C=O) groups is 2. The number of imide groups is 1. The fourth-order valence-corrected chi connectivity index (χ4v) is 6.47. The Labute approximate surface area is 259 Å². The highest BCUT2D eigenvalue weighted by molar-refractivity contribution is 5.88. The van der Waals surface area contributed by atoms with Gasteiger partial charge in [0.2, 0.25) is 0 Å². The molecule has 0 atom stereocenters. The van der Waals surface area contributed by atoms with Gasteiger partial charge >= 0.3 is 12.2 Å². The van der Waals surface area contributed by atoms with Gasteiger partial charge in [-0.25, -0.2) is 14.5 Å². The summed E-state index contributed by atoms with van der Waals surface area (Å²) in [6, 6.07) is 32.8. The molecule has 2 aliphatic rings. The van der Waals surface area contributed by atoms with Crippen molar-refractivity contribution in [1.29, 1.82) is 0 Å². The summed E-state index contributed by atoms with van der Waals surface area (Å²) >= 11 is 0. The van der Waals surface area contributed by atoms with Crippen LogP contribution in [0.1, 0.15) is 53.4 Å². The van der Waals surface area contributed by atoms with E-state index in [4.69, 9.17) is 15.2 Å². The van der Waals surface area contributed by atoms with Gasteiger partial charge in [0, 0.05) is 18.4 Å². The molecular formula is C37H39N3O4. The molecule has 0 saturated heterocycles. The zero-order valence-corrected chi connectivity index (χ0v) is 24.9. The van der Waals surface area contributed by atoms with E-state index in [0.29, 0.717) is 13.0 Å². The third-order valence-corrected chi connectivity index (χ3v) is 8.66. The monoisotopic (exact) mass is 589 g/mol. The van der Waals surface area contributed by atoms with E-state index in [9.17, 15) is 9.59 Å². The lowest BCUT2D eigenvalue weighted by Crippen LogP contribution is -2.39. The molecule has 4 aromatic carbocycles. The number of fused-ring (bicyclic) bond motifs is 6. The first-order valence-corrected chi connectivity index (χ1v) is 15.6. The molecule has 0 aromatic heterocycles. The number of benzene rings is 4. The van der Waals surface area contributed by atoms with Crippen molar-refractivity contribution in [2.24, 2.45) is 5.73 Å². The second kappa shape index (κ2) is 13.9. The summed E-state index contributed by atoms with van der Waals surface area (Å²) in [6.07, 6.45) is 0.977. The van der Waals surface area contributed by atoms with E-state index in [1.807, 2.05) is 48.5 Å². The van der Waals surface area contributed by atoms with Crippen LogP contribution in [0.25, 0.3) is 22.3 Å². The first-order valence-electron chi connectivity index (χ1n) is 15.6. The van der Waals surface area contributed by atoms with Crippen molar-refractivity contribution in [3.8, 4) is 22.3 Å². The van der Waals surface area contributed by atoms with Crippen molar-refractivity contribution in [2.75, 3.05) is 39.4 Å². The summed E-state index contributed by atoms with van der Waals surface area (Å²) in [5, 5.41) is 3.35. The van der Waals surface area contributed by atoms with Gasteiger partial charge in [-0.3, -0.25) is 0 Å². The predicted molar refractivity (Wildman–Crippen MR) is 173 cm³/mol. The minimum atomic E-state index is -0.680. The van der Waals surface area contributed by atoms with E-state index >= 15 is 0 Å². The average Bonchev–Trinajstić information content (AvgIpc) is 3.56. The molecule has 4 aromatic rings. The molecule has 7 heteroatoms. The molecule has 0 fully saturated rings. The Balaban J connectivity index is 1.14. The molecule has 0 aliphatic heterocycles. The molecule has 0 heterocycles. The Morgan fingerprint density at radius 3 is 1.39 bits per heavy atom. The minimum Gasteiger partial charge on any atom is -0.448 e. The van der Waals surface area contributed by atoms with E-state index in [1.54, 1.807) is 0 Å². The molecule has 0 radical (unpaired) electrons. The summed E-state index contributed by atoms with van der Waals surface area (Å²) in [5.74, 6) is -0.190. The van der Waals surface area contributed by atoms with Gasteiger partial charge in [0.05, 0.1) is 0 Å². The fraction of sp³-hybridized carbons (Fsp3) is 0.297. The summed E-state index contributed by atoms with van der Waals surface area (Å²) in [5.41, 5.74) is 14.7. The van der Waals surface area contributed by atoms with Crippen molar-refractivity contribution in [3.05, 3.63) is 119 Å². The summed E-state index contributed by atoms with van der Waals surface area (Å²) in [6.45, 7) is 2.76. The molecule has 0 saturated carbocycles. The Bertz CT molecular complexity index is 1420. The van der Waals surface area contributed by atoms with E-state index in [0.717, 1.165) is 75.3 Å². The summed E-state index contributed by atoms with van der Waals surface area (Å²) in [4.78, 5) is 28.2. The van der Waals surface area contributed by atoms with E-state index in [2.05, 4.69) is 53.8 Å². The molecule has 0 spiro atoms. The summed E-state index contributed by atoms with van der Waals surface area (Å²) in [7, 11) is 0. The van der Waals surface area contributed by atoms with Gasteiger partial charge in [0.25, 0.3) is 0 Å². The molecular weight excluding hydrogens is 550 g/mol. The highest BCUT2D eigenvalue weighted by atomic mass is 16.6. The van der Waals surface area contributed by atoms with E-state index < -0.39 is 12.2 Å². The number of nitrogens with two attached hydrogens (primary N) is 1. The standard InChI is InChI=1S/C37H39N3O4/c38-20-11-22-39-21-9-10-23-40(36(41)43-24-34-30-16-5-1-12-26(30)27-13-2-6-17-31(27)34)37(42)44-25-35-32-18-7-3-14-28(32)29-15-4-8-19-33(29)35/h1-8,12-19,34-35,39H,9-11,20-25,38H2. The molecule has 3 N–H and O–H groups in total. The van der Waals surface area contributed by atoms with Crippen LogP contribution in [0.15, 0.2) is 97.1 Å². The molecule has 226 valence electrons. The number of nitrogens with one attached hydrogen (secondary N) is 1. The van der Waals surface area contributed by atoms with Crippen molar-refractivity contribution < 1.29 is 19.1 Å². The van der Waals surface area contributed by atoms with Crippen molar-refractivity contribution in [3.63, 3.8) is 0 Å². The Hall–Kier alpha value is -4.46. The van der Waals surface area contributed by atoms with Gasteiger partial charge in [-0.05, 0) is 83.4 Å². The molecule has 0 unspecified atom stereocenters. The number of hydrogen-bond acceptors (Lipinski definition) is 6. The number of nitrogens with zero attached hydrogens (tertiary/aromatic N) is 1. The number of rotatable bonds is 12. The second-order valence-electron chi connectivity index (χ2n) is 11.4. The van der Waals surface area contributed by atoms with Gasteiger partial charge in [0.1, 0.15) is 13.2 Å². The predicted octanol–water partition coefficient (Wildman–Crippen LogP) is 6.91. The van der Waals surface area contributed by atoms with Crippen LogP contribution in [0.5, 0.6) is 0 Å². The average molecular weight is 590 g/mol. The zero-order valence-electron chi connectivity index (χ0n) is 24.9. The van der Waals surface area contributed by atoms with Crippen molar-refractivity contribution in [2.45, 2.75) is 31.1 Å². The van der Waals surface area contributed by atoms with Crippen LogP contribution in [0.4, 0.5) is 9.59 Å². The molecule has 0 bridgehead atoms. The van der Waals surface area contributed by atoms with Gasteiger partial charge in [0.15, 0.2) is 0 Å². The van der Waals surface area contributed by atoms with Gasteiger partial charge in [-0.15, -0.1) is 0 Å². The van der Waals surface area contributed by atoms with Gasteiger partial charge in [-0.2, -0.15) is 0 Å². The first kappa shape index (κ1) is 29.6. The molecule has 7 nitrogen and oxygen atoms in total. The minimum absolute atomic E-state index is 0.0949. The SMILES string of the molecule is NCCCNCCCCN(C(=O)OCC1c2ccccc2-c2ccccc21)C(=O)OCC1c2ccccc2-c2ccccc21. The van der Waals surface area contributed by atoms with Gasteiger partial charge < -0.3 is 20.5 Å². The van der Waals surface area contributed by atoms with Crippen LogP contribution in [0.3, 0.4) is 0 Å². The molecule has 44 heavy (non-hydrogen) atoms. The quantitative estimate of drug-likeness (QED) is 0.175. The highest BCUT2D eigenvalue weighted by Gasteiger charge is 2.33. The molecule has 2 aliphatic carbocycles. The largest absolute Gasteiger partial charge is 0.448 e. The topological polar surface area (TPSA) is 93.9 Å². The van der Waals surface area contributed by atoms with Crippen LogP contribution >= 0.6 is 0 Å². The van der Waals surface area contributed by atoms with Crippen LogP contribution < -0.4 is 11.1 Å². The zero-order chi connectivity index (χ0) is 30.3. The van der Waals surface area contributed by atoms with Crippen molar-refractivity contribution >= 4 is 12.2 Å². The van der Waals surface area contributed by atoms with Crippen molar-refractivity contribution in [1.82, 2.24) is 10.2 Å². The number of hydrogen-bond donors (Lipinski definition) is 2. The van der Waals surface area contributed by atoms with Crippen LogP contribution in [-0.4, -0.2) is 56.5 Å². The maximum Gasteiger partial charge on any atom is 0.419 e. The smallest absolute Gasteiger partial charge is 0.419 e. The normalized spacial score (nSPS) is 13.1. The maximum atomic E-state index is 13.5. The molecule has 6 rings (SSSR count). The highest BCUT2D eigenvalue weighted by Crippen LogP contribution is 2.45. The van der Waals surface area contributed by atoms with Crippen LogP contribution in [0, 0.1) is 0 Å². The summed E-state index contributed by atoms with van der Waals surface area (Å²) < 4.78 is 11.7. The second-order valence-corrected chi connectivity index (χ2v) is 11.4. The Morgan fingerprint density at radius 2 is 0.977 bits per heavy atom. The number of carbonyl (C=O) groups excluding carboxylic acids is 2. The van der Waals surface area contributed by atoms with E-state index in [-0.39, 0.29) is 31.6 Å². The van der Waals surface area contributed by atoms with Crippen LogP contribution in [-0.2, 0) is 9.47 Å². The lowest BCUT2D eigenvalue weighted by Gasteiger charge is -2.23. The van der Waals surface area contributed by atoms with E-state index in [1.165, 1.54) is 0 Å². The maximum absolute atomic E-state index is 13.5. The number of ether oxygens (including phenoxy) is 2. The number of amides is 2. The fourth-order valence-electron chi connectivity index (χ4n) is 6.47. The molecule has 2 amide bonds. The number of unbranched alkanes of at least 4 members (excludes halogenated alkanes) is 1. The lowest BCUT2D eigenvalue weighted by molar-refractivity contribution is 0.0734. The Kier molecular flexibility index (Phi) is 9.34. The van der Waals surface area contributed by atoms with Crippen LogP contribution in [0.2, 0.25) is 0 Å². The first-order chi connectivity index (χ1) is 21.7. The van der Waals surface area contributed by atoms with Gasteiger partial charge in [-0.1, -0.05) is 97.1 Å². The third kappa shape index (κ3) is 6.11. The Morgan fingerprint density at radius 1 is 0.591 bits per heavy atom. The third-order valence-electron chi connectivity index (χ3n) is 8.66.